The van der Waals surface area contributed by atoms with Crippen LogP contribution in [0.15, 0.2) is 78.9 Å². The molecule has 8 nitrogen and oxygen atoms in total. The number of carbonyl (C=O) groups excluding carboxylic acids is 1. The van der Waals surface area contributed by atoms with Crippen LogP contribution in [0, 0.1) is 0 Å². The summed E-state index contributed by atoms with van der Waals surface area (Å²) in [5.74, 6) is 2.54. The van der Waals surface area contributed by atoms with E-state index >= 15 is 0 Å². The van der Waals surface area contributed by atoms with Crippen LogP contribution in [0.5, 0.6) is 17.2 Å². The molecule has 0 bridgehead atoms. The number of amides is 1. The quantitative estimate of drug-likeness (QED) is 0.425. The van der Waals surface area contributed by atoms with Gasteiger partial charge in [0, 0.05) is 49.0 Å². The Morgan fingerprint density at radius 3 is 2.46 bits per heavy atom. The summed E-state index contributed by atoms with van der Waals surface area (Å²) in [7, 11) is 0. The number of aromatic nitrogens is 1. The number of nitrogens with zero attached hydrogens (tertiary/aromatic N) is 3. The number of nitrogens with one attached hydrogen (secondary N) is 1. The van der Waals surface area contributed by atoms with Crippen LogP contribution >= 0.6 is 0 Å². The topological polar surface area (TPSA) is 76.2 Å². The lowest BCUT2D eigenvalue weighted by Crippen LogP contribution is -2.46. The van der Waals surface area contributed by atoms with Crippen molar-refractivity contribution >= 4 is 34.0 Å². The Bertz CT molecular complexity index is 1400. The van der Waals surface area contributed by atoms with Gasteiger partial charge in [-0.3, -0.25) is 4.79 Å². The molecule has 2 aliphatic heterocycles. The molecular weight excluding hydrogens is 468 g/mol. The molecule has 0 unspecified atom stereocenters. The number of rotatable bonds is 6. The van der Waals surface area contributed by atoms with Gasteiger partial charge in [0.15, 0.2) is 18.1 Å². The van der Waals surface area contributed by atoms with Gasteiger partial charge in [0.25, 0.3) is 5.91 Å². The van der Waals surface area contributed by atoms with Crippen LogP contribution in [-0.4, -0.2) is 56.9 Å². The van der Waals surface area contributed by atoms with E-state index in [2.05, 4.69) is 51.5 Å². The number of piperazine rings is 1. The molecule has 3 heterocycles. The third kappa shape index (κ3) is 5.09. The van der Waals surface area contributed by atoms with Crippen LogP contribution in [0.25, 0.3) is 10.9 Å². The Kier molecular flexibility index (Phi) is 6.37. The molecular formula is C29H28N4O4. The average molecular weight is 497 g/mol. The lowest BCUT2D eigenvalue weighted by molar-refractivity contribution is -0.118. The summed E-state index contributed by atoms with van der Waals surface area (Å²) in [5.41, 5.74) is 2.63. The van der Waals surface area contributed by atoms with Crippen LogP contribution in [0.2, 0.25) is 0 Å². The number of carbonyl (C=O) groups is 1. The Balaban J connectivity index is 1.11. The number of anilines is 3. The molecule has 0 aliphatic carbocycles. The highest BCUT2D eigenvalue weighted by molar-refractivity contribution is 5.93. The Morgan fingerprint density at radius 2 is 1.62 bits per heavy atom. The van der Waals surface area contributed by atoms with Gasteiger partial charge in [-0.15, -0.1) is 0 Å². The summed E-state index contributed by atoms with van der Waals surface area (Å²) >= 11 is 0. The van der Waals surface area contributed by atoms with E-state index in [-0.39, 0.29) is 12.5 Å². The van der Waals surface area contributed by atoms with E-state index in [4.69, 9.17) is 19.2 Å². The molecule has 1 amide bonds. The Hall–Kier alpha value is -4.46. The van der Waals surface area contributed by atoms with Gasteiger partial charge in [0.05, 0.1) is 0 Å². The molecule has 0 atom stereocenters. The molecule has 0 radical (unpaired) electrons. The second-order valence-corrected chi connectivity index (χ2v) is 9.00. The van der Waals surface area contributed by atoms with Crippen molar-refractivity contribution < 1.29 is 19.0 Å². The standard InChI is InChI=1S/C29H28N4O4/c34-28(30-22-10-11-24-26(19-22)36-18-17-35-24)20-37-25-8-4-5-21-9-12-27(31-29(21)25)33-15-13-32(14-16-33)23-6-2-1-3-7-23/h1-12,19H,13-18,20H2,(H,30,34). The van der Waals surface area contributed by atoms with Crippen molar-refractivity contribution in [2.24, 2.45) is 0 Å². The van der Waals surface area contributed by atoms with E-state index in [1.54, 1.807) is 18.2 Å². The highest BCUT2D eigenvalue weighted by atomic mass is 16.6. The van der Waals surface area contributed by atoms with E-state index in [0.29, 0.717) is 36.1 Å². The lowest BCUT2D eigenvalue weighted by Gasteiger charge is -2.36. The number of benzene rings is 3. The van der Waals surface area contributed by atoms with Crippen molar-refractivity contribution in [1.82, 2.24) is 4.98 Å². The van der Waals surface area contributed by atoms with Gasteiger partial charge in [-0.25, -0.2) is 4.98 Å². The SMILES string of the molecule is O=C(COc1cccc2ccc(N3CCN(c4ccccc4)CC3)nc12)Nc1ccc2c(c1)OCCO2. The van der Waals surface area contributed by atoms with E-state index in [1.807, 2.05) is 24.3 Å². The number of ether oxygens (including phenoxy) is 3. The fraction of sp³-hybridized carbons (Fsp3) is 0.241. The van der Waals surface area contributed by atoms with Gasteiger partial charge >= 0.3 is 0 Å². The summed E-state index contributed by atoms with van der Waals surface area (Å²) < 4.78 is 17.0. The molecule has 1 aromatic heterocycles. The first-order valence-corrected chi connectivity index (χ1v) is 12.5. The third-order valence-corrected chi connectivity index (χ3v) is 6.58. The van der Waals surface area contributed by atoms with Crippen molar-refractivity contribution in [3.05, 3.63) is 78.9 Å². The highest BCUT2D eigenvalue weighted by Crippen LogP contribution is 2.33. The smallest absolute Gasteiger partial charge is 0.262 e. The molecule has 6 rings (SSSR count). The number of hydrogen-bond donors (Lipinski definition) is 1. The van der Waals surface area contributed by atoms with Gasteiger partial charge in [-0.05, 0) is 42.5 Å². The molecule has 1 fully saturated rings. The molecule has 1 saturated heterocycles. The molecule has 1 N–H and O–H groups in total. The maximum absolute atomic E-state index is 12.6. The van der Waals surface area contributed by atoms with Crippen molar-refractivity contribution in [2.75, 3.05) is 61.1 Å². The molecule has 2 aliphatic rings. The van der Waals surface area contributed by atoms with Gasteiger partial charge in [0.2, 0.25) is 0 Å². The van der Waals surface area contributed by atoms with Gasteiger partial charge in [-0.2, -0.15) is 0 Å². The summed E-state index contributed by atoms with van der Waals surface area (Å²) in [6, 6.07) is 25.7. The van der Waals surface area contributed by atoms with Crippen LogP contribution in [0.1, 0.15) is 0 Å². The Labute approximate surface area is 215 Å². The molecule has 8 heteroatoms. The summed E-state index contributed by atoms with van der Waals surface area (Å²) in [6.07, 6.45) is 0. The van der Waals surface area contributed by atoms with E-state index in [9.17, 15) is 4.79 Å². The second kappa shape index (κ2) is 10.3. The van der Waals surface area contributed by atoms with Gasteiger partial charge < -0.3 is 29.3 Å². The van der Waals surface area contributed by atoms with Gasteiger partial charge in [0.1, 0.15) is 30.3 Å². The number of fused-ring (bicyclic) bond motifs is 2. The predicted octanol–water partition coefficient (Wildman–Crippen LogP) is 4.35. The fourth-order valence-electron chi connectivity index (χ4n) is 4.70. The maximum atomic E-state index is 12.6. The predicted molar refractivity (Wildman–Crippen MR) is 144 cm³/mol. The van der Waals surface area contributed by atoms with Crippen LogP contribution < -0.4 is 29.3 Å². The molecule has 188 valence electrons. The molecule has 37 heavy (non-hydrogen) atoms. The van der Waals surface area contributed by atoms with E-state index in [0.717, 1.165) is 42.9 Å². The summed E-state index contributed by atoms with van der Waals surface area (Å²) in [6.45, 7) is 4.52. The second-order valence-electron chi connectivity index (χ2n) is 9.00. The average Bonchev–Trinajstić information content (AvgIpc) is 2.96. The molecule has 0 spiro atoms. The summed E-state index contributed by atoms with van der Waals surface area (Å²) in [5, 5.41) is 3.83. The van der Waals surface area contributed by atoms with Crippen molar-refractivity contribution in [3.63, 3.8) is 0 Å². The number of pyridine rings is 1. The van der Waals surface area contributed by atoms with Crippen LogP contribution in [0.4, 0.5) is 17.2 Å². The lowest BCUT2D eigenvalue weighted by atomic mass is 10.2. The van der Waals surface area contributed by atoms with Gasteiger partial charge in [-0.1, -0.05) is 30.3 Å². The monoisotopic (exact) mass is 496 g/mol. The van der Waals surface area contributed by atoms with Crippen molar-refractivity contribution in [2.45, 2.75) is 0 Å². The zero-order chi connectivity index (χ0) is 25.0. The largest absolute Gasteiger partial charge is 0.486 e. The van der Waals surface area contributed by atoms with Crippen LogP contribution in [0.3, 0.4) is 0 Å². The van der Waals surface area contributed by atoms with E-state index in [1.165, 1.54) is 5.69 Å². The van der Waals surface area contributed by atoms with E-state index < -0.39 is 0 Å². The number of hydrogen-bond acceptors (Lipinski definition) is 7. The minimum Gasteiger partial charge on any atom is -0.486 e. The third-order valence-electron chi connectivity index (χ3n) is 6.58. The van der Waals surface area contributed by atoms with Crippen molar-refractivity contribution in [1.29, 1.82) is 0 Å². The zero-order valence-electron chi connectivity index (χ0n) is 20.4. The molecule has 4 aromatic rings. The minimum atomic E-state index is -0.262. The Morgan fingerprint density at radius 1 is 0.838 bits per heavy atom. The minimum absolute atomic E-state index is 0.130. The summed E-state index contributed by atoms with van der Waals surface area (Å²) in [4.78, 5) is 22.2. The zero-order valence-corrected chi connectivity index (χ0v) is 20.4. The highest BCUT2D eigenvalue weighted by Gasteiger charge is 2.19. The first kappa shape index (κ1) is 23.0. The fourth-order valence-corrected chi connectivity index (χ4v) is 4.70. The first-order valence-electron chi connectivity index (χ1n) is 12.5. The molecule has 3 aromatic carbocycles. The van der Waals surface area contributed by atoms with Crippen LogP contribution in [-0.2, 0) is 4.79 Å². The number of para-hydroxylation sites is 2. The maximum Gasteiger partial charge on any atom is 0.262 e. The van der Waals surface area contributed by atoms with Crippen molar-refractivity contribution in [3.8, 4) is 17.2 Å². The molecule has 0 saturated carbocycles. The first-order chi connectivity index (χ1) is 18.2. The normalized spacial score (nSPS) is 14.9.